The molecule has 0 radical (unpaired) electrons. The SMILES string of the molecule is c1c(-c2nnn[nH]2)nc2n1C(c1nnn[nH]1)CCN2. The molecule has 3 aromatic rings. The van der Waals surface area contributed by atoms with Crippen LogP contribution in [0.4, 0.5) is 5.95 Å². The van der Waals surface area contributed by atoms with Crippen LogP contribution in [0, 0.1) is 0 Å². The highest BCUT2D eigenvalue weighted by Gasteiger charge is 2.26. The van der Waals surface area contributed by atoms with E-state index in [4.69, 9.17) is 0 Å². The van der Waals surface area contributed by atoms with E-state index < -0.39 is 0 Å². The molecule has 0 aliphatic carbocycles. The van der Waals surface area contributed by atoms with E-state index in [1.807, 2.05) is 10.8 Å². The van der Waals surface area contributed by atoms with E-state index >= 15 is 0 Å². The first-order chi connectivity index (χ1) is 9.42. The molecule has 1 aliphatic rings. The van der Waals surface area contributed by atoms with Crippen molar-refractivity contribution in [2.75, 3.05) is 11.9 Å². The van der Waals surface area contributed by atoms with Crippen LogP contribution in [0.2, 0.25) is 0 Å². The second-order valence-electron chi connectivity index (χ2n) is 4.12. The molecule has 3 N–H and O–H groups in total. The summed E-state index contributed by atoms with van der Waals surface area (Å²) >= 11 is 0. The Hall–Kier alpha value is -2.85. The van der Waals surface area contributed by atoms with Gasteiger partial charge in [-0.05, 0) is 27.3 Å². The van der Waals surface area contributed by atoms with E-state index in [9.17, 15) is 0 Å². The minimum atomic E-state index is 0.0309. The lowest BCUT2D eigenvalue weighted by atomic mass is 10.1. The highest BCUT2D eigenvalue weighted by molar-refractivity contribution is 5.52. The third kappa shape index (κ3) is 1.55. The van der Waals surface area contributed by atoms with Gasteiger partial charge in [-0.15, -0.1) is 10.2 Å². The van der Waals surface area contributed by atoms with Crippen LogP contribution in [-0.2, 0) is 0 Å². The van der Waals surface area contributed by atoms with Crippen molar-refractivity contribution in [2.45, 2.75) is 12.5 Å². The van der Waals surface area contributed by atoms with Crippen molar-refractivity contribution < 1.29 is 0 Å². The maximum Gasteiger partial charge on any atom is 0.204 e. The number of aromatic amines is 2. The van der Waals surface area contributed by atoms with Gasteiger partial charge in [0.2, 0.25) is 5.95 Å². The van der Waals surface area contributed by atoms with Crippen molar-refractivity contribution in [3.8, 4) is 11.5 Å². The number of aromatic nitrogens is 10. The first kappa shape index (κ1) is 10.1. The van der Waals surface area contributed by atoms with Gasteiger partial charge < -0.3 is 9.88 Å². The number of imidazole rings is 1. The Morgan fingerprint density at radius 2 is 2.05 bits per heavy atom. The monoisotopic (exact) mass is 259 g/mol. The predicted molar refractivity (Wildman–Crippen MR) is 60.8 cm³/mol. The molecule has 0 bridgehead atoms. The molecule has 0 saturated heterocycles. The van der Waals surface area contributed by atoms with Crippen molar-refractivity contribution in [3.63, 3.8) is 0 Å². The molecule has 4 rings (SSSR count). The average Bonchev–Trinajstić information content (AvgIpc) is 3.18. The first-order valence-corrected chi connectivity index (χ1v) is 5.72. The van der Waals surface area contributed by atoms with Gasteiger partial charge in [0.1, 0.15) is 5.69 Å². The van der Waals surface area contributed by atoms with Gasteiger partial charge in [-0.2, -0.15) is 0 Å². The summed E-state index contributed by atoms with van der Waals surface area (Å²) in [7, 11) is 0. The zero-order chi connectivity index (χ0) is 12.7. The summed E-state index contributed by atoms with van der Waals surface area (Å²) < 4.78 is 1.98. The van der Waals surface area contributed by atoms with Gasteiger partial charge in [-0.1, -0.05) is 0 Å². The molecule has 11 nitrogen and oxygen atoms in total. The molecule has 1 atom stereocenters. The molecule has 1 aliphatic heterocycles. The van der Waals surface area contributed by atoms with Crippen molar-refractivity contribution in [2.24, 2.45) is 0 Å². The van der Waals surface area contributed by atoms with E-state index in [2.05, 4.69) is 51.5 Å². The zero-order valence-electron chi connectivity index (χ0n) is 9.65. The molecule has 19 heavy (non-hydrogen) atoms. The van der Waals surface area contributed by atoms with Gasteiger partial charge >= 0.3 is 0 Å². The summed E-state index contributed by atoms with van der Waals surface area (Å²) in [5, 5.41) is 30.8. The fourth-order valence-electron chi connectivity index (χ4n) is 2.18. The van der Waals surface area contributed by atoms with Crippen molar-refractivity contribution in [1.29, 1.82) is 0 Å². The lowest BCUT2D eigenvalue weighted by Crippen LogP contribution is -2.24. The second-order valence-corrected chi connectivity index (χ2v) is 4.12. The molecule has 96 valence electrons. The van der Waals surface area contributed by atoms with Gasteiger partial charge in [0.05, 0.1) is 6.04 Å². The number of fused-ring (bicyclic) bond motifs is 1. The largest absolute Gasteiger partial charge is 0.356 e. The molecular weight excluding hydrogens is 250 g/mol. The lowest BCUT2D eigenvalue weighted by molar-refractivity contribution is 0.504. The third-order valence-corrected chi connectivity index (χ3v) is 3.03. The highest BCUT2D eigenvalue weighted by atomic mass is 15.5. The predicted octanol–water partition coefficient (Wildman–Crippen LogP) is -1.02. The van der Waals surface area contributed by atoms with E-state index in [0.29, 0.717) is 17.3 Å². The first-order valence-electron chi connectivity index (χ1n) is 5.72. The van der Waals surface area contributed by atoms with Crippen LogP contribution in [0.1, 0.15) is 18.3 Å². The number of nitrogens with zero attached hydrogens (tertiary/aromatic N) is 8. The Morgan fingerprint density at radius 1 is 1.16 bits per heavy atom. The van der Waals surface area contributed by atoms with Crippen LogP contribution < -0.4 is 5.32 Å². The molecular formula is C8H9N11. The quantitative estimate of drug-likeness (QED) is 0.531. The van der Waals surface area contributed by atoms with Crippen molar-refractivity contribution >= 4 is 5.95 Å². The molecule has 3 aromatic heterocycles. The van der Waals surface area contributed by atoms with Crippen LogP contribution in [0.5, 0.6) is 0 Å². The summed E-state index contributed by atoms with van der Waals surface area (Å²) in [6.07, 6.45) is 2.74. The Morgan fingerprint density at radius 3 is 2.84 bits per heavy atom. The van der Waals surface area contributed by atoms with E-state index in [1.54, 1.807) is 0 Å². The van der Waals surface area contributed by atoms with Crippen molar-refractivity contribution in [1.82, 2.24) is 50.8 Å². The molecule has 0 aromatic carbocycles. The highest BCUT2D eigenvalue weighted by Crippen LogP contribution is 2.29. The Labute approximate surface area is 105 Å². The van der Waals surface area contributed by atoms with Gasteiger partial charge in [-0.3, -0.25) is 0 Å². The Kier molecular flexibility index (Phi) is 2.04. The molecule has 4 heterocycles. The lowest BCUT2D eigenvalue weighted by Gasteiger charge is -2.23. The maximum atomic E-state index is 4.45. The maximum absolute atomic E-state index is 4.45. The van der Waals surface area contributed by atoms with Crippen LogP contribution in [0.25, 0.3) is 11.5 Å². The van der Waals surface area contributed by atoms with Crippen LogP contribution in [-0.4, -0.2) is 57.3 Å². The standard InChI is InChI=1S/C8H9N11/c1-2-9-8-10-4(6-11-15-16-12-6)3-19(8)5(1)7-13-17-18-14-7/h3,5H,1-2H2,(H,9,10)(H,11,12,15,16)(H,13,14,17,18). The number of nitrogens with one attached hydrogen (secondary N) is 3. The number of H-pyrrole nitrogens is 2. The molecule has 0 saturated carbocycles. The van der Waals surface area contributed by atoms with Crippen LogP contribution >= 0.6 is 0 Å². The minimum Gasteiger partial charge on any atom is -0.356 e. The van der Waals surface area contributed by atoms with Gasteiger partial charge in [0, 0.05) is 12.7 Å². The number of anilines is 1. The van der Waals surface area contributed by atoms with Gasteiger partial charge in [0.15, 0.2) is 11.6 Å². The molecule has 0 fully saturated rings. The summed E-state index contributed by atoms with van der Waals surface area (Å²) in [6, 6.07) is 0.0309. The summed E-state index contributed by atoms with van der Waals surface area (Å²) in [6.45, 7) is 0.802. The Balaban J connectivity index is 1.79. The van der Waals surface area contributed by atoms with Crippen LogP contribution in [0.3, 0.4) is 0 Å². The smallest absolute Gasteiger partial charge is 0.204 e. The average molecular weight is 259 g/mol. The molecule has 0 spiro atoms. The van der Waals surface area contributed by atoms with Crippen molar-refractivity contribution in [3.05, 3.63) is 12.0 Å². The third-order valence-electron chi connectivity index (χ3n) is 3.03. The van der Waals surface area contributed by atoms with E-state index in [1.165, 1.54) is 0 Å². The van der Waals surface area contributed by atoms with E-state index in [0.717, 1.165) is 18.9 Å². The topological polar surface area (TPSA) is 139 Å². The van der Waals surface area contributed by atoms with Crippen LogP contribution in [0.15, 0.2) is 6.20 Å². The fraction of sp³-hybridized carbons (Fsp3) is 0.375. The normalized spacial score (nSPS) is 18.0. The summed E-state index contributed by atoms with van der Waals surface area (Å²) in [5.41, 5.74) is 0.673. The summed E-state index contributed by atoms with van der Waals surface area (Å²) in [4.78, 5) is 4.45. The fourth-order valence-corrected chi connectivity index (χ4v) is 2.18. The van der Waals surface area contributed by atoms with Gasteiger partial charge in [-0.25, -0.2) is 15.2 Å². The number of tetrazole rings is 2. The minimum absolute atomic E-state index is 0.0309. The molecule has 1 unspecified atom stereocenters. The second kappa shape index (κ2) is 3.83. The number of hydrogen-bond donors (Lipinski definition) is 3. The zero-order valence-corrected chi connectivity index (χ0v) is 9.65. The molecule has 11 heteroatoms. The summed E-state index contributed by atoms with van der Waals surface area (Å²) in [5.74, 6) is 1.99. The van der Waals surface area contributed by atoms with Gasteiger partial charge in [0.25, 0.3) is 0 Å². The number of hydrogen-bond acceptors (Lipinski definition) is 8. The number of rotatable bonds is 2. The Bertz CT molecular complexity index is 666. The molecule has 0 amide bonds. The van der Waals surface area contributed by atoms with E-state index in [-0.39, 0.29) is 6.04 Å².